The number of piperidine rings is 1. The Morgan fingerprint density at radius 2 is 2.29 bits per heavy atom. The van der Waals surface area contributed by atoms with Gasteiger partial charge in [-0.3, -0.25) is 0 Å². The minimum Gasteiger partial charge on any atom is -0.508 e. The van der Waals surface area contributed by atoms with Crippen LogP contribution in [-0.2, 0) is 6.42 Å². The van der Waals surface area contributed by atoms with Gasteiger partial charge in [-0.1, -0.05) is 18.0 Å². The Morgan fingerprint density at radius 1 is 1.47 bits per heavy atom. The van der Waals surface area contributed by atoms with Crippen LogP contribution >= 0.6 is 11.6 Å². The molecule has 1 fully saturated rings. The number of phenolic OH excluding ortho intramolecular Hbond substituents is 1. The van der Waals surface area contributed by atoms with Crippen molar-refractivity contribution in [1.82, 2.24) is 5.32 Å². The number of ether oxygens (including phenoxy) is 1. The first-order valence-electron chi connectivity index (χ1n) is 5.99. The molecule has 4 heteroatoms. The Labute approximate surface area is 107 Å². The van der Waals surface area contributed by atoms with E-state index in [9.17, 15) is 5.11 Å². The maximum atomic E-state index is 9.87. The SMILES string of the molecule is COc1cc(CC2CCCCN2)c(O)cc1Cl. The lowest BCUT2D eigenvalue weighted by atomic mass is 9.97. The van der Waals surface area contributed by atoms with Gasteiger partial charge in [0, 0.05) is 12.1 Å². The first-order chi connectivity index (χ1) is 8.20. The van der Waals surface area contributed by atoms with E-state index in [-0.39, 0.29) is 5.75 Å². The van der Waals surface area contributed by atoms with Crippen LogP contribution in [0.15, 0.2) is 12.1 Å². The minimum atomic E-state index is 0.253. The van der Waals surface area contributed by atoms with E-state index in [4.69, 9.17) is 16.3 Å². The highest BCUT2D eigenvalue weighted by molar-refractivity contribution is 6.32. The van der Waals surface area contributed by atoms with Crippen LogP contribution in [-0.4, -0.2) is 24.8 Å². The van der Waals surface area contributed by atoms with Crippen LogP contribution < -0.4 is 10.1 Å². The average molecular weight is 256 g/mol. The number of hydrogen-bond donors (Lipinski definition) is 2. The maximum Gasteiger partial charge on any atom is 0.137 e. The predicted molar refractivity (Wildman–Crippen MR) is 69.0 cm³/mol. The summed E-state index contributed by atoms with van der Waals surface area (Å²) in [6, 6.07) is 3.83. The maximum absolute atomic E-state index is 9.87. The van der Waals surface area contributed by atoms with Gasteiger partial charge in [-0.25, -0.2) is 0 Å². The lowest BCUT2D eigenvalue weighted by Gasteiger charge is -2.24. The molecule has 94 valence electrons. The zero-order valence-electron chi connectivity index (χ0n) is 10.0. The summed E-state index contributed by atoms with van der Waals surface area (Å²) in [4.78, 5) is 0. The number of rotatable bonds is 3. The Hall–Kier alpha value is -0.930. The van der Waals surface area contributed by atoms with Crippen LogP contribution in [0.4, 0.5) is 0 Å². The number of phenols is 1. The molecule has 1 heterocycles. The van der Waals surface area contributed by atoms with Crippen LogP contribution in [0.25, 0.3) is 0 Å². The van der Waals surface area contributed by atoms with Gasteiger partial charge in [-0.15, -0.1) is 0 Å². The van der Waals surface area contributed by atoms with Crippen molar-refractivity contribution in [2.75, 3.05) is 13.7 Å². The Kier molecular flexibility index (Phi) is 4.13. The summed E-state index contributed by atoms with van der Waals surface area (Å²) >= 11 is 5.94. The van der Waals surface area contributed by atoms with E-state index < -0.39 is 0 Å². The molecule has 0 spiro atoms. The van der Waals surface area contributed by atoms with Gasteiger partial charge in [0.25, 0.3) is 0 Å². The molecule has 1 unspecified atom stereocenters. The van der Waals surface area contributed by atoms with Gasteiger partial charge in [0.1, 0.15) is 11.5 Å². The summed E-state index contributed by atoms with van der Waals surface area (Å²) in [6.45, 7) is 1.07. The molecule has 1 atom stereocenters. The van der Waals surface area contributed by atoms with Gasteiger partial charge in [-0.05, 0) is 37.4 Å². The highest BCUT2D eigenvalue weighted by Gasteiger charge is 2.16. The zero-order chi connectivity index (χ0) is 12.3. The zero-order valence-corrected chi connectivity index (χ0v) is 10.8. The van der Waals surface area contributed by atoms with Crippen molar-refractivity contribution in [3.8, 4) is 11.5 Å². The molecule has 0 aromatic heterocycles. The number of halogens is 1. The fraction of sp³-hybridized carbons (Fsp3) is 0.538. The second kappa shape index (κ2) is 5.61. The van der Waals surface area contributed by atoms with E-state index in [1.165, 1.54) is 12.8 Å². The van der Waals surface area contributed by atoms with Crippen LogP contribution in [0.1, 0.15) is 24.8 Å². The molecule has 0 saturated carbocycles. The molecule has 1 aromatic carbocycles. The molecule has 1 saturated heterocycles. The fourth-order valence-electron chi connectivity index (χ4n) is 2.27. The van der Waals surface area contributed by atoms with Crippen molar-refractivity contribution in [2.45, 2.75) is 31.7 Å². The van der Waals surface area contributed by atoms with Gasteiger partial charge >= 0.3 is 0 Å². The third kappa shape index (κ3) is 3.05. The topological polar surface area (TPSA) is 41.5 Å². The summed E-state index contributed by atoms with van der Waals surface area (Å²) in [5, 5.41) is 13.8. The van der Waals surface area contributed by atoms with Gasteiger partial charge in [-0.2, -0.15) is 0 Å². The number of hydrogen-bond acceptors (Lipinski definition) is 3. The molecule has 1 aromatic rings. The van der Waals surface area contributed by atoms with E-state index in [0.717, 1.165) is 24.9 Å². The molecule has 17 heavy (non-hydrogen) atoms. The Morgan fingerprint density at radius 3 is 2.94 bits per heavy atom. The summed E-state index contributed by atoms with van der Waals surface area (Å²) < 4.78 is 5.17. The molecule has 2 N–H and O–H groups in total. The van der Waals surface area contributed by atoms with Crippen molar-refractivity contribution in [1.29, 1.82) is 0 Å². The molecule has 2 rings (SSSR count). The van der Waals surface area contributed by atoms with Gasteiger partial charge in [0.05, 0.1) is 12.1 Å². The quantitative estimate of drug-likeness (QED) is 0.873. The number of methoxy groups -OCH3 is 1. The summed E-state index contributed by atoms with van der Waals surface area (Å²) in [5.74, 6) is 0.874. The number of aromatic hydroxyl groups is 1. The Balaban J connectivity index is 2.13. The summed E-state index contributed by atoms with van der Waals surface area (Å²) in [5.41, 5.74) is 0.894. The molecule has 0 bridgehead atoms. The van der Waals surface area contributed by atoms with Crippen LogP contribution in [0, 0.1) is 0 Å². The molecule has 1 aliphatic heterocycles. The smallest absolute Gasteiger partial charge is 0.137 e. The van der Waals surface area contributed by atoms with E-state index in [0.29, 0.717) is 16.8 Å². The van der Waals surface area contributed by atoms with Crippen molar-refractivity contribution in [3.63, 3.8) is 0 Å². The van der Waals surface area contributed by atoms with Gasteiger partial charge in [0.2, 0.25) is 0 Å². The molecule has 3 nitrogen and oxygen atoms in total. The molecular formula is C13H18ClNO2. The van der Waals surface area contributed by atoms with E-state index in [2.05, 4.69) is 5.32 Å². The first kappa shape index (κ1) is 12.5. The molecule has 0 radical (unpaired) electrons. The molecular weight excluding hydrogens is 238 g/mol. The lowest BCUT2D eigenvalue weighted by molar-refractivity contribution is 0.387. The summed E-state index contributed by atoms with van der Waals surface area (Å²) in [7, 11) is 1.58. The third-order valence-electron chi connectivity index (χ3n) is 3.23. The van der Waals surface area contributed by atoms with E-state index in [1.54, 1.807) is 13.2 Å². The van der Waals surface area contributed by atoms with Crippen molar-refractivity contribution >= 4 is 11.6 Å². The van der Waals surface area contributed by atoms with Crippen molar-refractivity contribution in [2.24, 2.45) is 0 Å². The second-order valence-corrected chi connectivity index (χ2v) is 4.87. The molecule has 0 amide bonds. The van der Waals surface area contributed by atoms with Crippen LogP contribution in [0.3, 0.4) is 0 Å². The van der Waals surface area contributed by atoms with E-state index in [1.807, 2.05) is 6.07 Å². The number of nitrogens with one attached hydrogen (secondary N) is 1. The molecule has 0 aliphatic carbocycles. The number of benzene rings is 1. The van der Waals surface area contributed by atoms with Crippen LogP contribution in [0.2, 0.25) is 5.02 Å². The Bertz CT molecular complexity index is 389. The first-order valence-corrected chi connectivity index (χ1v) is 6.37. The average Bonchev–Trinajstić information content (AvgIpc) is 2.34. The van der Waals surface area contributed by atoms with E-state index >= 15 is 0 Å². The summed E-state index contributed by atoms with van der Waals surface area (Å²) in [6.07, 6.45) is 4.47. The largest absolute Gasteiger partial charge is 0.508 e. The van der Waals surface area contributed by atoms with Gasteiger partial charge < -0.3 is 15.2 Å². The minimum absolute atomic E-state index is 0.253. The van der Waals surface area contributed by atoms with Gasteiger partial charge in [0.15, 0.2) is 0 Å². The van der Waals surface area contributed by atoms with Crippen molar-refractivity contribution in [3.05, 3.63) is 22.7 Å². The highest BCUT2D eigenvalue weighted by Crippen LogP contribution is 2.32. The normalized spacial score (nSPS) is 20.2. The fourth-order valence-corrected chi connectivity index (χ4v) is 2.50. The third-order valence-corrected chi connectivity index (χ3v) is 3.53. The molecule has 1 aliphatic rings. The lowest BCUT2D eigenvalue weighted by Crippen LogP contribution is -2.35. The predicted octanol–water partition coefficient (Wildman–Crippen LogP) is 2.74. The second-order valence-electron chi connectivity index (χ2n) is 4.47. The standard InChI is InChI=1S/C13H18ClNO2/c1-17-13-7-9(12(16)8-11(13)14)6-10-4-2-3-5-15-10/h7-8,10,15-16H,2-6H2,1H3. The van der Waals surface area contributed by atoms with Crippen molar-refractivity contribution < 1.29 is 9.84 Å². The highest BCUT2D eigenvalue weighted by atomic mass is 35.5. The monoisotopic (exact) mass is 255 g/mol. The van der Waals surface area contributed by atoms with Crippen LogP contribution in [0.5, 0.6) is 11.5 Å².